The first-order valence-corrected chi connectivity index (χ1v) is 6.84. The summed E-state index contributed by atoms with van der Waals surface area (Å²) in [4.78, 5) is 12.9. The van der Waals surface area contributed by atoms with Crippen LogP contribution in [0.1, 0.15) is 30.6 Å². The summed E-state index contributed by atoms with van der Waals surface area (Å²) >= 11 is 1.69. The van der Waals surface area contributed by atoms with Crippen molar-refractivity contribution in [3.8, 4) is 0 Å². The summed E-state index contributed by atoms with van der Waals surface area (Å²) < 4.78 is 0. The molecule has 1 aromatic heterocycles. The van der Waals surface area contributed by atoms with Gasteiger partial charge in [0.1, 0.15) is 0 Å². The van der Waals surface area contributed by atoms with E-state index < -0.39 is 11.4 Å². The number of hydrogen-bond acceptors (Lipinski definition) is 2. The highest BCUT2D eigenvalue weighted by atomic mass is 32.1. The van der Waals surface area contributed by atoms with E-state index in [9.17, 15) is 9.90 Å². The molecule has 0 unspecified atom stereocenters. The topological polar surface area (TPSA) is 37.3 Å². The van der Waals surface area contributed by atoms with E-state index in [0.717, 1.165) is 25.7 Å². The average molecular weight is 236 g/mol. The molecule has 3 atom stereocenters. The number of carboxylic acid groups (broad SMARTS) is 1. The van der Waals surface area contributed by atoms with Crippen LogP contribution < -0.4 is 0 Å². The monoisotopic (exact) mass is 236 g/mol. The molecule has 2 nitrogen and oxygen atoms in total. The number of fused-ring (bicyclic) bond motifs is 2. The molecule has 16 heavy (non-hydrogen) atoms. The molecule has 0 aromatic carbocycles. The van der Waals surface area contributed by atoms with Crippen molar-refractivity contribution in [2.24, 2.45) is 17.3 Å². The van der Waals surface area contributed by atoms with Gasteiger partial charge >= 0.3 is 5.97 Å². The van der Waals surface area contributed by atoms with Gasteiger partial charge in [-0.05, 0) is 49.0 Å². The first-order valence-electron chi connectivity index (χ1n) is 5.96. The minimum Gasteiger partial charge on any atom is -0.481 e. The largest absolute Gasteiger partial charge is 0.481 e. The highest BCUT2D eigenvalue weighted by Crippen LogP contribution is 2.57. The van der Waals surface area contributed by atoms with Crippen molar-refractivity contribution >= 4 is 17.3 Å². The molecule has 0 spiro atoms. The van der Waals surface area contributed by atoms with Crippen molar-refractivity contribution in [1.29, 1.82) is 0 Å². The van der Waals surface area contributed by atoms with E-state index in [1.807, 2.05) is 11.4 Å². The van der Waals surface area contributed by atoms with E-state index in [-0.39, 0.29) is 0 Å². The van der Waals surface area contributed by atoms with E-state index in [1.54, 1.807) is 11.3 Å². The van der Waals surface area contributed by atoms with Crippen molar-refractivity contribution in [2.75, 3.05) is 0 Å². The molecular formula is C13H16O2S. The zero-order valence-electron chi connectivity index (χ0n) is 9.19. The van der Waals surface area contributed by atoms with Gasteiger partial charge in [-0.25, -0.2) is 0 Å². The molecule has 0 amide bonds. The second-order valence-electron chi connectivity index (χ2n) is 5.30. The molecular weight excluding hydrogens is 220 g/mol. The summed E-state index contributed by atoms with van der Waals surface area (Å²) in [6.45, 7) is 0. The maximum atomic E-state index is 11.6. The molecule has 0 radical (unpaired) electrons. The smallest absolute Gasteiger partial charge is 0.310 e. The number of aliphatic carboxylic acids is 1. The number of carboxylic acids is 1. The van der Waals surface area contributed by atoms with Gasteiger partial charge in [0.05, 0.1) is 5.41 Å². The molecule has 3 rings (SSSR count). The molecule has 2 fully saturated rings. The molecule has 0 saturated heterocycles. The fraction of sp³-hybridized carbons (Fsp3) is 0.615. The van der Waals surface area contributed by atoms with Gasteiger partial charge in [0.2, 0.25) is 0 Å². The average Bonchev–Trinajstić information content (AvgIpc) is 2.92. The Kier molecular flexibility index (Phi) is 2.32. The van der Waals surface area contributed by atoms with Gasteiger partial charge in [0, 0.05) is 4.88 Å². The lowest BCUT2D eigenvalue weighted by Gasteiger charge is -2.33. The Hall–Kier alpha value is -0.830. The lowest BCUT2D eigenvalue weighted by Crippen LogP contribution is -2.38. The lowest BCUT2D eigenvalue weighted by atomic mass is 9.70. The van der Waals surface area contributed by atoms with E-state index in [2.05, 4.69) is 6.07 Å². The fourth-order valence-corrected chi connectivity index (χ4v) is 4.55. The summed E-state index contributed by atoms with van der Waals surface area (Å²) in [7, 11) is 0. The van der Waals surface area contributed by atoms with E-state index >= 15 is 0 Å². The Morgan fingerprint density at radius 3 is 2.94 bits per heavy atom. The standard InChI is InChI=1S/C13H16O2S/c14-12(15)13(8-11-2-1-5-16-11)7-9-3-4-10(13)6-9/h1-2,5,9-10H,3-4,6-8H2,(H,14,15)/t9-,10-,13-/m0/s1. The van der Waals surface area contributed by atoms with E-state index in [0.29, 0.717) is 11.8 Å². The lowest BCUT2D eigenvalue weighted by molar-refractivity contribution is -0.152. The SMILES string of the molecule is O=C(O)[C@]1(Cc2cccs2)C[C@H]2CC[C@H]1C2. The molecule has 0 aliphatic heterocycles. The third kappa shape index (κ3) is 1.41. The number of thiophene rings is 1. The zero-order chi connectivity index (χ0) is 11.2. The summed E-state index contributed by atoms with van der Waals surface area (Å²) in [6.07, 6.45) is 5.19. The maximum absolute atomic E-state index is 11.6. The highest BCUT2D eigenvalue weighted by molar-refractivity contribution is 7.09. The molecule has 86 valence electrons. The van der Waals surface area contributed by atoms with Crippen molar-refractivity contribution in [3.63, 3.8) is 0 Å². The van der Waals surface area contributed by atoms with E-state index in [4.69, 9.17) is 0 Å². The predicted octanol–water partition coefficient (Wildman–Crippen LogP) is 3.18. The molecule has 2 bridgehead atoms. The normalized spacial score (nSPS) is 36.8. The highest BCUT2D eigenvalue weighted by Gasteiger charge is 2.55. The first-order chi connectivity index (χ1) is 7.71. The van der Waals surface area contributed by atoms with Gasteiger partial charge in [0.25, 0.3) is 0 Å². The van der Waals surface area contributed by atoms with Gasteiger partial charge < -0.3 is 5.11 Å². The van der Waals surface area contributed by atoms with Crippen molar-refractivity contribution < 1.29 is 9.90 Å². The summed E-state index contributed by atoms with van der Waals surface area (Å²) in [6, 6.07) is 4.09. The molecule has 1 aromatic rings. The van der Waals surface area contributed by atoms with Crippen LogP contribution in [0, 0.1) is 17.3 Å². The second-order valence-corrected chi connectivity index (χ2v) is 6.33. The van der Waals surface area contributed by atoms with Crippen molar-refractivity contribution in [1.82, 2.24) is 0 Å². The van der Waals surface area contributed by atoms with Crippen LogP contribution in [0.5, 0.6) is 0 Å². The summed E-state index contributed by atoms with van der Waals surface area (Å²) in [5, 5.41) is 11.6. The number of carbonyl (C=O) groups is 1. The van der Waals surface area contributed by atoms with E-state index in [1.165, 1.54) is 11.3 Å². The summed E-state index contributed by atoms with van der Waals surface area (Å²) in [5.74, 6) is 0.547. The fourth-order valence-electron chi connectivity index (χ4n) is 3.72. The van der Waals surface area contributed by atoms with Gasteiger partial charge in [0.15, 0.2) is 0 Å². The minimum atomic E-state index is -0.562. The zero-order valence-corrected chi connectivity index (χ0v) is 10.0. The second kappa shape index (κ2) is 3.59. The van der Waals surface area contributed by atoms with Crippen LogP contribution in [0.4, 0.5) is 0 Å². The predicted molar refractivity (Wildman–Crippen MR) is 63.5 cm³/mol. The first kappa shape index (κ1) is 10.3. The Labute approximate surface area is 99.3 Å². The third-order valence-corrected chi connectivity index (χ3v) is 5.35. The van der Waals surface area contributed by atoms with Crippen LogP contribution in [-0.2, 0) is 11.2 Å². The Bertz CT molecular complexity index is 398. The van der Waals surface area contributed by atoms with Crippen molar-refractivity contribution in [2.45, 2.75) is 32.1 Å². The minimum absolute atomic E-state index is 0.428. The maximum Gasteiger partial charge on any atom is 0.310 e. The summed E-state index contributed by atoms with van der Waals surface area (Å²) in [5.41, 5.74) is -0.437. The van der Waals surface area contributed by atoms with Gasteiger partial charge in [-0.3, -0.25) is 4.79 Å². The quantitative estimate of drug-likeness (QED) is 0.875. The van der Waals surface area contributed by atoms with Crippen LogP contribution in [0.2, 0.25) is 0 Å². The molecule has 2 aliphatic rings. The van der Waals surface area contributed by atoms with Crippen LogP contribution in [0.25, 0.3) is 0 Å². The molecule has 2 aliphatic carbocycles. The Morgan fingerprint density at radius 2 is 2.44 bits per heavy atom. The van der Waals surface area contributed by atoms with Crippen LogP contribution in [0.3, 0.4) is 0 Å². The molecule has 1 N–H and O–H groups in total. The molecule has 3 heteroatoms. The van der Waals surface area contributed by atoms with Gasteiger partial charge in [-0.15, -0.1) is 11.3 Å². The molecule has 2 saturated carbocycles. The Morgan fingerprint density at radius 1 is 1.56 bits per heavy atom. The number of hydrogen-bond donors (Lipinski definition) is 1. The number of rotatable bonds is 3. The van der Waals surface area contributed by atoms with Crippen molar-refractivity contribution in [3.05, 3.63) is 22.4 Å². The van der Waals surface area contributed by atoms with Crippen LogP contribution in [0.15, 0.2) is 17.5 Å². The molecule has 1 heterocycles. The van der Waals surface area contributed by atoms with Gasteiger partial charge in [-0.2, -0.15) is 0 Å². The Balaban J connectivity index is 1.89. The third-order valence-electron chi connectivity index (χ3n) is 4.47. The van der Waals surface area contributed by atoms with Gasteiger partial charge in [-0.1, -0.05) is 12.5 Å². The van der Waals surface area contributed by atoms with Crippen LogP contribution >= 0.6 is 11.3 Å². The van der Waals surface area contributed by atoms with Crippen LogP contribution in [-0.4, -0.2) is 11.1 Å².